The lowest BCUT2D eigenvalue weighted by Gasteiger charge is -2.08. The number of ether oxygens (including phenoxy) is 3. The number of halogens is 1. The molecule has 0 aromatic heterocycles. The number of para-hydroxylation sites is 1. The number of hydrogen-bond acceptors (Lipinski definition) is 4. The number of Topliss-reactive ketones (excluding diaryl/α,β-unsaturated/α-hetero) is 1. The fourth-order valence-electron chi connectivity index (χ4n) is 3.06. The monoisotopic (exact) mass is 406 g/mol. The van der Waals surface area contributed by atoms with Gasteiger partial charge in [0.2, 0.25) is 5.78 Å². The van der Waals surface area contributed by atoms with Crippen LogP contribution in [-0.4, -0.2) is 12.4 Å². The lowest BCUT2D eigenvalue weighted by molar-refractivity contribution is 0.101. The second kappa shape index (κ2) is 8.41. The van der Waals surface area contributed by atoms with Crippen LogP contribution in [0.5, 0.6) is 17.2 Å². The van der Waals surface area contributed by atoms with Crippen molar-refractivity contribution in [3.8, 4) is 17.2 Å². The van der Waals surface area contributed by atoms with Crippen LogP contribution in [-0.2, 0) is 6.61 Å². The Labute approximate surface area is 174 Å². The summed E-state index contributed by atoms with van der Waals surface area (Å²) < 4.78 is 17.3. The molecule has 29 heavy (non-hydrogen) atoms. The summed E-state index contributed by atoms with van der Waals surface area (Å²) >= 11 is 6.17. The van der Waals surface area contributed by atoms with Gasteiger partial charge in [-0.05, 0) is 37.3 Å². The average Bonchev–Trinajstić information content (AvgIpc) is 3.04. The molecule has 0 bridgehead atoms. The highest BCUT2D eigenvalue weighted by atomic mass is 35.5. The van der Waals surface area contributed by atoms with Crippen LogP contribution in [0.2, 0.25) is 5.02 Å². The number of allylic oxidation sites excluding steroid dienone is 1. The molecule has 1 aliphatic rings. The molecule has 146 valence electrons. The zero-order valence-electron chi connectivity index (χ0n) is 15.9. The third-order valence-electron chi connectivity index (χ3n) is 4.50. The van der Waals surface area contributed by atoms with Gasteiger partial charge in [0.15, 0.2) is 5.76 Å². The van der Waals surface area contributed by atoms with Gasteiger partial charge in [-0.2, -0.15) is 0 Å². The largest absolute Gasteiger partial charge is 0.493 e. The van der Waals surface area contributed by atoms with Gasteiger partial charge in [-0.15, -0.1) is 0 Å². The third kappa shape index (κ3) is 4.13. The quantitative estimate of drug-likeness (QED) is 0.475. The first-order chi connectivity index (χ1) is 14.2. The molecule has 4 nitrogen and oxygen atoms in total. The Bertz CT molecular complexity index is 1090. The number of hydrogen-bond donors (Lipinski definition) is 0. The minimum atomic E-state index is -0.163. The van der Waals surface area contributed by atoms with Gasteiger partial charge in [0.05, 0.1) is 12.2 Å². The van der Waals surface area contributed by atoms with Crippen molar-refractivity contribution < 1.29 is 19.0 Å². The van der Waals surface area contributed by atoms with Crippen LogP contribution in [0.15, 0.2) is 72.5 Å². The highest BCUT2D eigenvalue weighted by Crippen LogP contribution is 2.36. The van der Waals surface area contributed by atoms with E-state index >= 15 is 0 Å². The van der Waals surface area contributed by atoms with E-state index in [-0.39, 0.29) is 11.5 Å². The van der Waals surface area contributed by atoms with E-state index in [1.165, 1.54) is 0 Å². The molecule has 0 fully saturated rings. The lowest BCUT2D eigenvalue weighted by Crippen LogP contribution is -1.99. The van der Waals surface area contributed by atoms with E-state index in [0.29, 0.717) is 41.0 Å². The van der Waals surface area contributed by atoms with Crippen molar-refractivity contribution in [3.05, 3.63) is 94.2 Å². The van der Waals surface area contributed by atoms with E-state index in [9.17, 15) is 4.79 Å². The number of benzene rings is 3. The minimum absolute atomic E-state index is 0.163. The van der Waals surface area contributed by atoms with Crippen LogP contribution in [0, 0.1) is 0 Å². The summed E-state index contributed by atoms with van der Waals surface area (Å²) in [7, 11) is 0. The second-order valence-electron chi connectivity index (χ2n) is 6.45. The number of ketones is 1. The Morgan fingerprint density at radius 2 is 1.79 bits per heavy atom. The molecule has 1 aliphatic heterocycles. The van der Waals surface area contributed by atoms with E-state index in [1.807, 2.05) is 55.5 Å². The summed E-state index contributed by atoms with van der Waals surface area (Å²) in [4.78, 5) is 12.7. The summed E-state index contributed by atoms with van der Waals surface area (Å²) in [5.74, 6) is 1.89. The van der Waals surface area contributed by atoms with E-state index in [4.69, 9.17) is 25.8 Å². The molecule has 4 rings (SSSR count). The lowest BCUT2D eigenvalue weighted by atomic mass is 10.1. The molecule has 0 atom stereocenters. The van der Waals surface area contributed by atoms with Crippen molar-refractivity contribution in [2.45, 2.75) is 13.5 Å². The smallest absolute Gasteiger partial charge is 0.231 e. The second-order valence-corrected chi connectivity index (χ2v) is 6.86. The van der Waals surface area contributed by atoms with Crippen LogP contribution in [0.4, 0.5) is 0 Å². The Balaban J connectivity index is 1.54. The summed E-state index contributed by atoms with van der Waals surface area (Å²) in [6.45, 7) is 2.79. The average molecular weight is 407 g/mol. The van der Waals surface area contributed by atoms with Gasteiger partial charge in [-0.25, -0.2) is 0 Å². The Kier molecular flexibility index (Phi) is 5.54. The Hall–Kier alpha value is -3.24. The van der Waals surface area contributed by atoms with Crippen molar-refractivity contribution in [1.29, 1.82) is 0 Å². The summed E-state index contributed by atoms with van der Waals surface area (Å²) in [6, 6.07) is 20.2. The van der Waals surface area contributed by atoms with Gasteiger partial charge in [-0.1, -0.05) is 48.0 Å². The predicted octanol–water partition coefficient (Wildman–Crippen LogP) is 5.93. The molecule has 3 aromatic rings. The molecule has 0 amide bonds. The van der Waals surface area contributed by atoms with Gasteiger partial charge in [-0.3, -0.25) is 4.79 Å². The van der Waals surface area contributed by atoms with Crippen molar-refractivity contribution >= 4 is 23.5 Å². The third-order valence-corrected chi connectivity index (χ3v) is 4.87. The fourth-order valence-corrected chi connectivity index (χ4v) is 3.25. The molecule has 0 saturated carbocycles. The van der Waals surface area contributed by atoms with Crippen LogP contribution in [0.25, 0.3) is 6.08 Å². The van der Waals surface area contributed by atoms with E-state index in [2.05, 4.69) is 0 Å². The van der Waals surface area contributed by atoms with Crippen molar-refractivity contribution in [3.63, 3.8) is 0 Å². The van der Waals surface area contributed by atoms with E-state index in [0.717, 1.165) is 11.1 Å². The first-order valence-electron chi connectivity index (χ1n) is 9.32. The van der Waals surface area contributed by atoms with Crippen LogP contribution in [0.3, 0.4) is 0 Å². The highest BCUT2D eigenvalue weighted by molar-refractivity contribution is 6.31. The molecular formula is C24H19ClO4. The molecule has 0 saturated heterocycles. The molecule has 0 radical (unpaired) electrons. The van der Waals surface area contributed by atoms with E-state index < -0.39 is 0 Å². The maximum absolute atomic E-state index is 12.7. The molecule has 3 aromatic carbocycles. The first-order valence-corrected chi connectivity index (χ1v) is 9.70. The predicted molar refractivity (Wildman–Crippen MR) is 113 cm³/mol. The summed E-state index contributed by atoms with van der Waals surface area (Å²) in [5, 5.41) is 0.651. The number of rotatable bonds is 6. The van der Waals surface area contributed by atoms with Crippen LogP contribution >= 0.6 is 11.6 Å². The first kappa shape index (κ1) is 19.1. The number of carbonyl (C=O) groups is 1. The van der Waals surface area contributed by atoms with Crippen molar-refractivity contribution in [2.75, 3.05) is 6.61 Å². The van der Waals surface area contributed by atoms with Gasteiger partial charge < -0.3 is 14.2 Å². The molecule has 0 N–H and O–H groups in total. The molecule has 0 unspecified atom stereocenters. The zero-order chi connectivity index (χ0) is 20.2. The Morgan fingerprint density at radius 1 is 1.00 bits per heavy atom. The van der Waals surface area contributed by atoms with Gasteiger partial charge in [0.1, 0.15) is 23.9 Å². The minimum Gasteiger partial charge on any atom is -0.493 e. The van der Waals surface area contributed by atoms with Gasteiger partial charge in [0.25, 0.3) is 0 Å². The molecule has 5 heteroatoms. The highest BCUT2D eigenvalue weighted by Gasteiger charge is 2.28. The molecular weight excluding hydrogens is 388 g/mol. The van der Waals surface area contributed by atoms with Crippen LogP contribution < -0.4 is 14.2 Å². The van der Waals surface area contributed by atoms with Crippen LogP contribution in [0.1, 0.15) is 28.4 Å². The molecule has 0 aliphatic carbocycles. The zero-order valence-corrected chi connectivity index (χ0v) is 16.6. The maximum Gasteiger partial charge on any atom is 0.231 e. The SMILES string of the molecule is CCOc1ccccc1C=C1Oc2cc(OCc3ccccc3Cl)ccc2C1=O. The van der Waals surface area contributed by atoms with Gasteiger partial charge in [0, 0.05) is 22.2 Å². The van der Waals surface area contributed by atoms with Crippen molar-refractivity contribution in [2.24, 2.45) is 0 Å². The Morgan fingerprint density at radius 3 is 2.62 bits per heavy atom. The normalized spacial score (nSPS) is 13.9. The molecule has 0 spiro atoms. The number of fused-ring (bicyclic) bond motifs is 1. The number of carbonyl (C=O) groups excluding carboxylic acids is 1. The maximum atomic E-state index is 12.7. The topological polar surface area (TPSA) is 44.8 Å². The summed E-state index contributed by atoms with van der Waals surface area (Å²) in [5.41, 5.74) is 2.19. The van der Waals surface area contributed by atoms with Gasteiger partial charge >= 0.3 is 0 Å². The molecule has 1 heterocycles. The standard InChI is InChI=1S/C24H19ClO4/c1-2-27-21-10-6-4-7-16(21)13-23-24(26)19-12-11-18(14-22(19)29-23)28-15-17-8-3-5-9-20(17)25/h3-14H,2,15H2,1H3. The fraction of sp³-hybridized carbons (Fsp3) is 0.125. The van der Waals surface area contributed by atoms with Crippen molar-refractivity contribution in [1.82, 2.24) is 0 Å². The van der Waals surface area contributed by atoms with E-state index in [1.54, 1.807) is 24.3 Å². The summed E-state index contributed by atoms with van der Waals surface area (Å²) in [6.07, 6.45) is 1.71.